The minimum atomic E-state index is -4.71. The van der Waals surface area contributed by atoms with Gasteiger partial charge in [0.2, 0.25) is 5.91 Å². The molecule has 1 aliphatic heterocycles. The molecule has 0 unspecified atom stereocenters. The van der Waals surface area contributed by atoms with Crippen LogP contribution < -0.4 is 15.2 Å². The molecule has 15 heteroatoms. The SMILES string of the molecule is COc1ccc(Cl)c(OC)c1C(=O)OCC(C)(C)C(C)(C)COS(=O)(=O)ON1C(=O)N(C)[C@H](C(N)=O)CC[C@@H]1C. The summed E-state index contributed by atoms with van der Waals surface area (Å²) in [5, 5.41) is 0.853. The van der Waals surface area contributed by atoms with Gasteiger partial charge < -0.3 is 24.8 Å². The number of nitrogens with two attached hydrogens (primary N) is 1. The second-order valence-corrected chi connectivity index (χ2v) is 12.4. The van der Waals surface area contributed by atoms with E-state index in [2.05, 4.69) is 0 Å². The first-order chi connectivity index (χ1) is 18.4. The van der Waals surface area contributed by atoms with Crippen LogP contribution in [-0.2, 0) is 28.4 Å². The van der Waals surface area contributed by atoms with Crippen LogP contribution in [-0.4, -0.2) is 82.9 Å². The number of nitrogens with zero attached hydrogens (tertiary/aromatic N) is 2. The lowest BCUT2D eigenvalue weighted by molar-refractivity contribution is -0.122. The van der Waals surface area contributed by atoms with Crippen LogP contribution in [0.5, 0.6) is 11.5 Å². The van der Waals surface area contributed by atoms with Gasteiger partial charge in [0.15, 0.2) is 5.75 Å². The molecule has 1 aliphatic rings. The second kappa shape index (κ2) is 12.8. The number of ether oxygens (including phenoxy) is 3. The highest BCUT2D eigenvalue weighted by Crippen LogP contribution is 2.41. The summed E-state index contributed by atoms with van der Waals surface area (Å²) in [6.45, 7) is 8.05. The Hall–Kier alpha value is -2.81. The lowest BCUT2D eigenvalue weighted by atomic mass is 9.69. The summed E-state index contributed by atoms with van der Waals surface area (Å²) in [6.07, 6.45) is 0.512. The van der Waals surface area contributed by atoms with E-state index in [0.29, 0.717) is 5.06 Å². The number of urea groups is 1. The molecule has 40 heavy (non-hydrogen) atoms. The summed E-state index contributed by atoms with van der Waals surface area (Å²) in [4.78, 5) is 38.5. The lowest BCUT2D eigenvalue weighted by Crippen LogP contribution is -2.50. The minimum absolute atomic E-state index is 0.0121. The Labute approximate surface area is 240 Å². The third-order valence-electron chi connectivity index (χ3n) is 7.38. The van der Waals surface area contributed by atoms with E-state index in [1.54, 1.807) is 34.6 Å². The van der Waals surface area contributed by atoms with Crippen molar-refractivity contribution < 1.29 is 45.5 Å². The number of hydrogen-bond acceptors (Lipinski definition) is 10. The van der Waals surface area contributed by atoms with Gasteiger partial charge in [-0.15, -0.1) is 4.28 Å². The molecule has 1 fully saturated rings. The van der Waals surface area contributed by atoms with Crippen molar-refractivity contribution in [2.45, 2.75) is 59.5 Å². The number of hydrogen-bond donors (Lipinski definition) is 1. The Morgan fingerprint density at radius 2 is 1.68 bits per heavy atom. The molecule has 0 aliphatic carbocycles. The third kappa shape index (κ3) is 7.47. The number of halogens is 1. The molecule has 2 N–H and O–H groups in total. The van der Waals surface area contributed by atoms with Crippen LogP contribution in [0.25, 0.3) is 0 Å². The van der Waals surface area contributed by atoms with Crippen LogP contribution in [0.2, 0.25) is 5.02 Å². The van der Waals surface area contributed by atoms with Crippen LogP contribution in [0.3, 0.4) is 0 Å². The van der Waals surface area contributed by atoms with Gasteiger partial charge in [0.1, 0.15) is 17.4 Å². The van der Waals surface area contributed by atoms with Gasteiger partial charge in [0.25, 0.3) is 0 Å². The zero-order valence-electron chi connectivity index (χ0n) is 24.0. The number of hydroxylamine groups is 2. The Balaban J connectivity index is 2.11. The number of amides is 3. The molecule has 2 rings (SSSR count). The average molecular weight is 608 g/mol. The predicted molar refractivity (Wildman–Crippen MR) is 145 cm³/mol. The van der Waals surface area contributed by atoms with Crippen LogP contribution >= 0.6 is 11.6 Å². The topological polar surface area (TPSA) is 164 Å². The average Bonchev–Trinajstić information content (AvgIpc) is 2.97. The second-order valence-electron chi connectivity index (χ2n) is 10.8. The lowest BCUT2D eigenvalue weighted by Gasteiger charge is -2.40. The number of benzene rings is 1. The quantitative estimate of drug-likeness (QED) is 0.349. The maximum absolute atomic E-state index is 13.0. The molecule has 1 heterocycles. The molecule has 2 atom stereocenters. The molecule has 0 spiro atoms. The number of likely N-dealkylation sites (N-methyl/N-ethyl adjacent to an activating group) is 1. The summed E-state index contributed by atoms with van der Waals surface area (Å²) in [5.74, 6) is -1.15. The van der Waals surface area contributed by atoms with Crippen molar-refractivity contribution in [3.05, 3.63) is 22.7 Å². The molecule has 1 aromatic rings. The number of rotatable bonds is 12. The fourth-order valence-electron chi connectivity index (χ4n) is 3.78. The molecular weight excluding hydrogens is 570 g/mol. The number of carbonyl (C=O) groups is 3. The molecule has 3 amide bonds. The van der Waals surface area contributed by atoms with Crippen LogP contribution in [0.4, 0.5) is 4.79 Å². The van der Waals surface area contributed by atoms with Crippen LogP contribution in [0, 0.1) is 10.8 Å². The van der Waals surface area contributed by atoms with Crippen molar-refractivity contribution in [2.75, 3.05) is 34.5 Å². The third-order valence-corrected chi connectivity index (χ3v) is 8.42. The van der Waals surface area contributed by atoms with E-state index in [1.807, 2.05) is 0 Å². The molecular formula is C25H38ClN3O10S. The van der Waals surface area contributed by atoms with Crippen molar-refractivity contribution in [2.24, 2.45) is 16.6 Å². The summed E-state index contributed by atoms with van der Waals surface area (Å²) in [5.41, 5.74) is 3.67. The van der Waals surface area contributed by atoms with Crippen molar-refractivity contribution in [1.29, 1.82) is 0 Å². The number of esters is 1. The van der Waals surface area contributed by atoms with Crippen molar-refractivity contribution in [1.82, 2.24) is 9.96 Å². The fraction of sp³-hybridized carbons (Fsp3) is 0.640. The smallest absolute Gasteiger partial charge is 0.421 e. The number of primary amides is 1. The molecule has 0 aromatic heterocycles. The van der Waals surface area contributed by atoms with Gasteiger partial charge in [-0.05, 0) is 37.3 Å². The molecule has 0 radical (unpaired) electrons. The first kappa shape index (κ1) is 33.4. The van der Waals surface area contributed by atoms with Crippen molar-refractivity contribution in [3.8, 4) is 11.5 Å². The Kier molecular flexibility index (Phi) is 10.7. The Morgan fingerprint density at radius 1 is 1.07 bits per heavy atom. The van der Waals surface area contributed by atoms with Crippen molar-refractivity contribution in [3.63, 3.8) is 0 Å². The van der Waals surface area contributed by atoms with Gasteiger partial charge in [-0.2, -0.15) is 13.5 Å². The standard InChI is InChI=1S/C25H38ClN3O10S/c1-15-9-11-17(21(27)30)28(6)23(32)29(15)39-40(33,34)38-14-25(4,5)24(2,3)13-37-22(31)19-18(35-7)12-10-16(26)20(19)36-8/h10,12,15,17H,9,11,13-14H2,1-8H3,(H2,27,30)/t15-,17-/m0/s1. The van der Waals surface area contributed by atoms with Gasteiger partial charge in [-0.25, -0.2) is 13.8 Å². The first-order valence-electron chi connectivity index (χ1n) is 12.4. The summed E-state index contributed by atoms with van der Waals surface area (Å²) in [7, 11) is -0.625. The summed E-state index contributed by atoms with van der Waals surface area (Å²) < 4.78 is 51.8. The summed E-state index contributed by atoms with van der Waals surface area (Å²) in [6, 6.07) is 0.608. The Bertz CT molecular complexity index is 1220. The monoisotopic (exact) mass is 607 g/mol. The molecule has 0 saturated carbocycles. The van der Waals surface area contributed by atoms with Gasteiger partial charge >= 0.3 is 22.4 Å². The molecule has 1 aromatic carbocycles. The number of carbonyl (C=O) groups excluding carboxylic acids is 3. The van der Waals surface area contributed by atoms with E-state index < -0.39 is 51.2 Å². The van der Waals surface area contributed by atoms with Crippen LogP contribution in [0.1, 0.15) is 57.8 Å². The highest BCUT2D eigenvalue weighted by atomic mass is 35.5. The van der Waals surface area contributed by atoms with Gasteiger partial charge in [0, 0.05) is 12.5 Å². The van der Waals surface area contributed by atoms with E-state index in [-0.39, 0.29) is 48.1 Å². The van der Waals surface area contributed by atoms with E-state index in [4.69, 9.17) is 40.0 Å². The van der Waals surface area contributed by atoms with Crippen LogP contribution in [0.15, 0.2) is 12.1 Å². The highest BCUT2D eigenvalue weighted by Gasteiger charge is 2.42. The Morgan fingerprint density at radius 3 is 2.23 bits per heavy atom. The molecule has 13 nitrogen and oxygen atoms in total. The highest BCUT2D eigenvalue weighted by molar-refractivity contribution is 7.81. The first-order valence-corrected chi connectivity index (χ1v) is 14.1. The normalized spacial score (nSPS) is 18.8. The molecule has 226 valence electrons. The van der Waals surface area contributed by atoms with E-state index in [9.17, 15) is 22.8 Å². The van der Waals surface area contributed by atoms with Gasteiger partial charge in [0.05, 0.1) is 38.5 Å². The zero-order chi connectivity index (χ0) is 30.6. The maximum atomic E-state index is 13.0. The number of methoxy groups -OCH3 is 2. The van der Waals surface area contributed by atoms with Crippen molar-refractivity contribution >= 4 is 39.9 Å². The fourth-order valence-corrected chi connectivity index (χ4v) is 4.90. The van der Waals surface area contributed by atoms with E-state index in [0.717, 1.165) is 4.90 Å². The molecule has 0 bridgehead atoms. The van der Waals surface area contributed by atoms with E-state index in [1.165, 1.54) is 33.4 Å². The zero-order valence-corrected chi connectivity index (χ0v) is 25.6. The maximum Gasteiger partial charge on any atom is 0.421 e. The predicted octanol–water partition coefficient (Wildman–Crippen LogP) is 3.15. The van der Waals surface area contributed by atoms with Gasteiger partial charge in [-0.3, -0.25) is 4.79 Å². The minimum Gasteiger partial charge on any atom is -0.496 e. The molecule has 1 saturated heterocycles. The van der Waals surface area contributed by atoms with Gasteiger partial charge in [-0.1, -0.05) is 39.3 Å². The van der Waals surface area contributed by atoms with E-state index >= 15 is 0 Å². The summed E-state index contributed by atoms with van der Waals surface area (Å²) >= 11 is 6.15. The largest absolute Gasteiger partial charge is 0.496 e.